The van der Waals surface area contributed by atoms with E-state index in [1.54, 1.807) is 5.43 Å². The number of nitrogens with two attached hydrogens (primary N) is 1. The molecule has 0 atom stereocenters. The smallest absolute Gasteiger partial charge is 0.421 e. The number of halogens is 5. The Kier molecular flexibility index (Phi) is 6.27. The maximum Gasteiger partial charge on any atom is 0.421 e. The maximum absolute atomic E-state index is 14.1. The van der Waals surface area contributed by atoms with Crippen molar-refractivity contribution in [3.05, 3.63) is 58.4 Å². The van der Waals surface area contributed by atoms with Gasteiger partial charge in [0.1, 0.15) is 5.75 Å². The average molecular weight is 393 g/mol. The first kappa shape index (κ1) is 19.8. The fourth-order valence-corrected chi connectivity index (χ4v) is 2.22. The van der Waals surface area contributed by atoms with Crippen LogP contribution in [0.2, 0.25) is 5.02 Å². The van der Waals surface area contributed by atoms with E-state index in [1.165, 1.54) is 18.2 Å². The van der Waals surface area contributed by atoms with E-state index in [1.807, 2.05) is 0 Å². The number of nitrogens with one attached hydrogen (secondary N) is 1. The summed E-state index contributed by atoms with van der Waals surface area (Å²) in [5, 5.41) is -0.484. The van der Waals surface area contributed by atoms with E-state index >= 15 is 0 Å². The summed E-state index contributed by atoms with van der Waals surface area (Å²) in [6.07, 6.45) is -5.27. The lowest BCUT2D eigenvalue weighted by molar-refractivity contribution is -0.137. The van der Waals surface area contributed by atoms with Gasteiger partial charge in [-0.2, -0.15) is 13.2 Å². The molecule has 0 spiro atoms. The monoisotopic (exact) mass is 392 g/mol. The number of hydrazine groups is 1. The second-order valence-electron chi connectivity index (χ2n) is 5.04. The van der Waals surface area contributed by atoms with Crippen molar-refractivity contribution in [2.75, 3.05) is 6.61 Å². The van der Waals surface area contributed by atoms with E-state index in [4.69, 9.17) is 22.2 Å². The molecule has 0 heterocycles. The zero-order valence-corrected chi connectivity index (χ0v) is 13.8. The van der Waals surface area contributed by atoms with Crippen LogP contribution in [0, 0.1) is 5.82 Å². The molecule has 140 valence electrons. The molecule has 0 aliphatic rings. The molecule has 2 rings (SSSR count). The van der Waals surface area contributed by atoms with E-state index in [0.29, 0.717) is 11.6 Å². The molecule has 5 nitrogen and oxygen atoms in total. The molecule has 0 saturated heterocycles. The number of carbonyl (C=O) groups excluding carboxylic acids is 1. The van der Waals surface area contributed by atoms with Crippen LogP contribution in [-0.4, -0.2) is 12.7 Å². The summed E-state index contributed by atoms with van der Waals surface area (Å²) < 4.78 is 62.4. The Morgan fingerprint density at radius 3 is 2.54 bits per heavy atom. The highest BCUT2D eigenvalue weighted by atomic mass is 35.5. The number of benzene rings is 2. The Morgan fingerprint density at radius 1 is 1.19 bits per heavy atom. The first-order valence-electron chi connectivity index (χ1n) is 7.17. The van der Waals surface area contributed by atoms with Gasteiger partial charge in [-0.25, -0.2) is 15.0 Å². The van der Waals surface area contributed by atoms with Gasteiger partial charge >= 0.3 is 12.3 Å². The van der Waals surface area contributed by atoms with Crippen molar-refractivity contribution in [3.63, 3.8) is 0 Å². The lowest BCUT2D eigenvalue weighted by atomic mass is 10.1. The standard InChI is InChI=1S/C16H13ClF4N2O3/c17-12-3-2-10(8-11(12)16(19,20)21)26-14-4-1-9(7-13(14)18)5-6-25-15(24)23-22/h1-4,7-8H,5-6,22H2,(H,23,24). The predicted octanol–water partition coefficient (Wildman–Crippen LogP) is 4.43. The van der Waals surface area contributed by atoms with Crippen LogP contribution in [0.1, 0.15) is 11.1 Å². The third kappa shape index (κ3) is 5.24. The minimum absolute atomic E-state index is 0.0329. The molecule has 0 radical (unpaired) electrons. The Bertz CT molecular complexity index is 800. The van der Waals surface area contributed by atoms with Gasteiger partial charge in [0.2, 0.25) is 0 Å². The van der Waals surface area contributed by atoms with Crippen LogP contribution in [0.5, 0.6) is 11.5 Å². The number of carbonyl (C=O) groups is 1. The number of rotatable bonds is 5. The van der Waals surface area contributed by atoms with Crippen molar-refractivity contribution >= 4 is 17.7 Å². The quantitative estimate of drug-likeness (QED) is 0.341. The number of hydrogen-bond donors (Lipinski definition) is 2. The summed E-state index contributed by atoms with van der Waals surface area (Å²) in [5.74, 6) is 3.58. The minimum Gasteiger partial charge on any atom is -0.454 e. The van der Waals surface area contributed by atoms with Gasteiger partial charge in [-0.15, -0.1) is 0 Å². The van der Waals surface area contributed by atoms with Gasteiger partial charge in [0.05, 0.1) is 17.2 Å². The first-order chi connectivity index (χ1) is 12.2. The van der Waals surface area contributed by atoms with Crippen LogP contribution < -0.4 is 16.0 Å². The maximum atomic E-state index is 14.1. The third-order valence-electron chi connectivity index (χ3n) is 3.21. The van der Waals surface area contributed by atoms with Crippen molar-refractivity contribution in [1.29, 1.82) is 0 Å². The zero-order chi connectivity index (χ0) is 19.3. The third-order valence-corrected chi connectivity index (χ3v) is 3.54. The van der Waals surface area contributed by atoms with E-state index < -0.39 is 28.7 Å². The van der Waals surface area contributed by atoms with Gasteiger partial charge in [0, 0.05) is 6.42 Å². The van der Waals surface area contributed by atoms with Crippen LogP contribution in [0.15, 0.2) is 36.4 Å². The molecule has 0 aliphatic heterocycles. The molecule has 2 aromatic carbocycles. The molecule has 3 N–H and O–H groups in total. The van der Waals surface area contributed by atoms with E-state index in [-0.39, 0.29) is 24.5 Å². The van der Waals surface area contributed by atoms with Crippen LogP contribution in [0.3, 0.4) is 0 Å². The molecular weight excluding hydrogens is 380 g/mol. The summed E-state index contributed by atoms with van der Waals surface area (Å²) in [6.45, 7) is -0.0329. The highest BCUT2D eigenvalue weighted by Crippen LogP contribution is 2.38. The highest BCUT2D eigenvalue weighted by molar-refractivity contribution is 6.31. The molecule has 26 heavy (non-hydrogen) atoms. The summed E-state index contributed by atoms with van der Waals surface area (Å²) >= 11 is 5.52. The Balaban J connectivity index is 2.10. The van der Waals surface area contributed by atoms with Crippen molar-refractivity contribution in [3.8, 4) is 11.5 Å². The van der Waals surface area contributed by atoms with Crippen LogP contribution in [-0.2, 0) is 17.3 Å². The second kappa shape index (κ2) is 8.24. The molecule has 0 bridgehead atoms. The number of ether oxygens (including phenoxy) is 2. The lowest BCUT2D eigenvalue weighted by Crippen LogP contribution is -2.31. The lowest BCUT2D eigenvalue weighted by Gasteiger charge is -2.12. The first-order valence-corrected chi connectivity index (χ1v) is 7.55. The topological polar surface area (TPSA) is 73.6 Å². The highest BCUT2D eigenvalue weighted by Gasteiger charge is 2.33. The molecule has 0 aliphatic carbocycles. The number of amides is 1. The molecule has 0 unspecified atom stereocenters. The van der Waals surface area contributed by atoms with E-state index in [9.17, 15) is 22.4 Å². The SMILES string of the molecule is NNC(=O)OCCc1ccc(Oc2ccc(Cl)c(C(F)(F)F)c2)c(F)c1. The normalized spacial score (nSPS) is 11.2. The molecule has 0 saturated carbocycles. The molecule has 10 heteroatoms. The Labute approximate surface area is 150 Å². The average Bonchev–Trinajstić information content (AvgIpc) is 2.57. The van der Waals surface area contributed by atoms with Crippen LogP contribution >= 0.6 is 11.6 Å². The predicted molar refractivity (Wildman–Crippen MR) is 85.3 cm³/mol. The van der Waals surface area contributed by atoms with Crippen LogP contribution in [0.25, 0.3) is 0 Å². The van der Waals surface area contributed by atoms with Gasteiger partial charge in [0.25, 0.3) is 0 Å². The van der Waals surface area contributed by atoms with Crippen molar-refractivity contribution in [2.45, 2.75) is 12.6 Å². The second-order valence-corrected chi connectivity index (χ2v) is 5.44. The molecule has 2 aromatic rings. The fourth-order valence-electron chi connectivity index (χ4n) is 2.00. The van der Waals surface area contributed by atoms with E-state index in [2.05, 4.69) is 4.74 Å². The van der Waals surface area contributed by atoms with Gasteiger partial charge in [-0.3, -0.25) is 5.43 Å². The van der Waals surface area contributed by atoms with E-state index in [0.717, 1.165) is 12.1 Å². The number of alkyl halides is 3. The van der Waals surface area contributed by atoms with Gasteiger partial charge in [-0.05, 0) is 35.9 Å². The molecule has 1 amide bonds. The minimum atomic E-state index is -4.66. The van der Waals surface area contributed by atoms with Gasteiger partial charge < -0.3 is 9.47 Å². The summed E-state index contributed by atoms with van der Waals surface area (Å²) in [4.78, 5) is 10.8. The Morgan fingerprint density at radius 2 is 1.92 bits per heavy atom. The fraction of sp³-hybridized carbons (Fsp3) is 0.188. The van der Waals surface area contributed by atoms with Crippen molar-refractivity contribution < 1.29 is 31.8 Å². The summed E-state index contributed by atoms with van der Waals surface area (Å²) in [6, 6.07) is 6.78. The summed E-state index contributed by atoms with van der Waals surface area (Å²) in [5.41, 5.74) is 1.19. The number of hydrogen-bond acceptors (Lipinski definition) is 4. The summed E-state index contributed by atoms with van der Waals surface area (Å²) in [7, 11) is 0. The Hall–Kier alpha value is -2.52. The molecule has 0 fully saturated rings. The molecular formula is C16H13ClF4N2O3. The van der Waals surface area contributed by atoms with Gasteiger partial charge in [0.15, 0.2) is 11.6 Å². The van der Waals surface area contributed by atoms with Crippen molar-refractivity contribution in [2.24, 2.45) is 5.84 Å². The van der Waals surface area contributed by atoms with Crippen molar-refractivity contribution in [1.82, 2.24) is 5.43 Å². The largest absolute Gasteiger partial charge is 0.454 e. The van der Waals surface area contributed by atoms with Crippen LogP contribution in [0.4, 0.5) is 22.4 Å². The van der Waals surface area contributed by atoms with Gasteiger partial charge in [-0.1, -0.05) is 17.7 Å². The molecule has 0 aromatic heterocycles. The zero-order valence-electron chi connectivity index (χ0n) is 13.1.